The maximum absolute atomic E-state index is 12.4. The van der Waals surface area contributed by atoms with E-state index in [1.165, 1.54) is 27.9 Å². The number of aromatic carboxylic acids is 1. The molecule has 1 amide bonds. The number of H-pyrrole nitrogens is 1. The third-order valence-electron chi connectivity index (χ3n) is 2.90. The van der Waals surface area contributed by atoms with Crippen molar-refractivity contribution in [1.82, 2.24) is 14.6 Å². The number of nitrogens with zero attached hydrogens (tertiary/aromatic N) is 1. The fourth-order valence-electron chi connectivity index (χ4n) is 1.86. The topological polar surface area (TPSA) is 120 Å². The number of aryl methyl sites for hydroxylation is 1. The number of carboxylic acid groups (broad SMARTS) is 1. The summed E-state index contributed by atoms with van der Waals surface area (Å²) in [5.74, 6) is -1.69. The zero-order valence-corrected chi connectivity index (χ0v) is 12.5. The van der Waals surface area contributed by atoms with Gasteiger partial charge in [-0.1, -0.05) is 0 Å². The molecule has 3 N–H and O–H groups in total. The minimum Gasteiger partial charge on any atom is -0.477 e. The highest BCUT2D eigenvalue weighted by atomic mass is 32.2. The lowest BCUT2D eigenvalue weighted by atomic mass is 10.2. The van der Waals surface area contributed by atoms with Crippen LogP contribution < -0.4 is 5.32 Å². The van der Waals surface area contributed by atoms with Gasteiger partial charge in [-0.25, -0.2) is 13.2 Å². The average molecular weight is 303 g/mol. The summed E-state index contributed by atoms with van der Waals surface area (Å²) < 4.78 is 25.7. The Hall–Kier alpha value is -1.87. The number of carbonyl (C=O) groups excluding carboxylic acids is 1. The number of aromatic nitrogens is 1. The zero-order valence-electron chi connectivity index (χ0n) is 11.6. The maximum atomic E-state index is 12.4. The highest BCUT2D eigenvalue weighted by molar-refractivity contribution is 7.89. The van der Waals surface area contributed by atoms with Crippen molar-refractivity contribution in [3.63, 3.8) is 0 Å². The number of carboxylic acids is 1. The average Bonchev–Trinajstić information content (AvgIpc) is 2.64. The number of carbonyl (C=O) groups is 2. The molecule has 0 aliphatic heterocycles. The van der Waals surface area contributed by atoms with Gasteiger partial charge in [-0.3, -0.25) is 4.79 Å². The Morgan fingerprint density at radius 1 is 1.35 bits per heavy atom. The summed E-state index contributed by atoms with van der Waals surface area (Å²) in [6.45, 7) is 2.54. The van der Waals surface area contributed by atoms with E-state index in [1.807, 2.05) is 0 Å². The van der Waals surface area contributed by atoms with Crippen LogP contribution in [0.2, 0.25) is 0 Å². The van der Waals surface area contributed by atoms with Gasteiger partial charge in [-0.15, -0.1) is 0 Å². The molecule has 0 aliphatic rings. The molecule has 1 aromatic rings. The van der Waals surface area contributed by atoms with E-state index in [1.54, 1.807) is 0 Å². The maximum Gasteiger partial charge on any atom is 0.352 e. The molecule has 1 rings (SSSR count). The minimum absolute atomic E-state index is 0.110. The molecule has 0 aromatic carbocycles. The molecule has 0 spiro atoms. The van der Waals surface area contributed by atoms with Crippen LogP contribution in [0.25, 0.3) is 0 Å². The molecular formula is C11H17N3O5S. The van der Waals surface area contributed by atoms with Crippen molar-refractivity contribution in [2.24, 2.45) is 0 Å². The van der Waals surface area contributed by atoms with Gasteiger partial charge in [-0.2, -0.15) is 4.31 Å². The minimum atomic E-state index is -3.94. The number of nitrogens with one attached hydrogen (secondary N) is 2. The Kier molecular flexibility index (Phi) is 4.56. The van der Waals surface area contributed by atoms with E-state index < -0.39 is 21.9 Å². The Morgan fingerprint density at radius 2 is 1.90 bits per heavy atom. The predicted octanol–water partition coefficient (Wildman–Crippen LogP) is -0.304. The molecule has 0 bridgehead atoms. The van der Waals surface area contributed by atoms with Crippen molar-refractivity contribution in [3.8, 4) is 0 Å². The summed E-state index contributed by atoms with van der Waals surface area (Å²) in [4.78, 5) is 24.7. The highest BCUT2D eigenvalue weighted by Gasteiger charge is 2.30. The molecule has 112 valence electrons. The summed E-state index contributed by atoms with van der Waals surface area (Å²) in [5, 5.41) is 11.3. The molecule has 0 saturated carbocycles. The van der Waals surface area contributed by atoms with Crippen LogP contribution in [0.4, 0.5) is 0 Å². The summed E-state index contributed by atoms with van der Waals surface area (Å²) in [6, 6.07) is 0. The number of amides is 1. The highest BCUT2D eigenvalue weighted by Crippen LogP contribution is 2.25. The quantitative estimate of drug-likeness (QED) is 0.689. The first-order valence-electron chi connectivity index (χ1n) is 5.72. The lowest BCUT2D eigenvalue weighted by molar-refractivity contribution is -0.120. The first-order chi connectivity index (χ1) is 9.12. The predicted molar refractivity (Wildman–Crippen MR) is 71.1 cm³/mol. The number of likely N-dealkylation sites (N-methyl/N-ethyl adjacent to an activating group) is 2. The number of aromatic amines is 1. The molecule has 9 heteroatoms. The molecule has 0 saturated heterocycles. The van der Waals surface area contributed by atoms with Crippen molar-refractivity contribution in [2.45, 2.75) is 18.7 Å². The van der Waals surface area contributed by atoms with E-state index in [4.69, 9.17) is 5.11 Å². The molecule has 8 nitrogen and oxygen atoms in total. The summed E-state index contributed by atoms with van der Waals surface area (Å²) >= 11 is 0. The van der Waals surface area contributed by atoms with Crippen LogP contribution in [0.1, 0.15) is 21.7 Å². The molecule has 0 radical (unpaired) electrons. The summed E-state index contributed by atoms with van der Waals surface area (Å²) in [5.41, 5.74) is 0.178. The van der Waals surface area contributed by atoms with Crippen molar-refractivity contribution < 1.29 is 23.1 Å². The molecule has 20 heavy (non-hydrogen) atoms. The van der Waals surface area contributed by atoms with Gasteiger partial charge in [0.25, 0.3) is 0 Å². The fraction of sp³-hybridized carbons (Fsp3) is 0.455. The van der Waals surface area contributed by atoms with Crippen LogP contribution in [0, 0.1) is 13.8 Å². The standard InChI is InChI=1S/C11H17N3O5S/c1-6-9(11(16)17)13-7(2)10(6)20(18,19)14(4)5-8(15)12-3/h13H,5H2,1-4H3,(H,12,15)(H,16,17). The van der Waals surface area contributed by atoms with Crippen molar-refractivity contribution in [3.05, 3.63) is 17.0 Å². The third kappa shape index (κ3) is 2.83. The van der Waals surface area contributed by atoms with Gasteiger partial charge in [-0.05, 0) is 13.8 Å². The first-order valence-corrected chi connectivity index (χ1v) is 7.16. The molecule has 0 aliphatic carbocycles. The molecular weight excluding hydrogens is 286 g/mol. The summed E-state index contributed by atoms with van der Waals surface area (Å²) in [7, 11) is -1.28. The smallest absolute Gasteiger partial charge is 0.352 e. The second kappa shape index (κ2) is 5.63. The third-order valence-corrected chi connectivity index (χ3v) is 4.97. The van der Waals surface area contributed by atoms with Crippen molar-refractivity contribution in [2.75, 3.05) is 20.6 Å². The lowest BCUT2D eigenvalue weighted by Crippen LogP contribution is -2.37. The second-order valence-corrected chi connectivity index (χ2v) is 6.30. The fourth-order valence-corrected chi connectivity index (χ4v) is 3.38. The molecule has 0 fully saturated rings. The molecule has 1 aromatic heterocycles. The van der Waals surface area contributed by atoms with Crippen LogP contribution in [-0.2, 0) is 14.8 Å². The van der Waals surface area contributed by atoms with E-state index in [9.17, 15) is 18.0 Å². The van der Waals surface area contributed by atoms with Crippen LogP contribution >= 0.6 is 0 Å². The van der Waals surface area contributed by atoms with E-state index >= 15 is 0 Å². The number of sulfonamides is 1. The number of hydrogen-bond donors (Lipinski definition) is 3. The molecule has 0 unspecified atom stereocenters. The van der Waals surface area contributed by atoms with Gasteiger partial charge in [0.1, 0.15) is 10.6 Å². The molecule has 1 heterocycles. The van der Waals surface area contributed by atoms with Crippen molar-refractivity contribution in [1.29, 1.82) is 0 Å². The van der Waals surface area contributed by atoms with Gasteiger partial charge in [0.05, 0.1) is 6.54 Å². The molecule has 0 atom stereocenters. The Morgan fingerprint density at radius 3 is 2.30 bits per heavy atom. The van der Waals surface area contributed by atoms with E-state index in [2.05, 4.69) is 10.3 Å². The van der Waals surface area contributed by atoms with E-state index in [0.29, 0.717) is 0 Å². The summed E-state index contributed by atoms with van der Waals surface area (Å²) in [6.07, 6.45) is 0. The second-order valence-electron chi connectivity index (χ2n) is 4.32. The van der Waals surface area contributed by atoms with Crippen LogP contribution in [0.3, 0.4) is 0 Å². The normalized spacial score (nSPS) is 11.7. The number of rotatable bonds is 5. The lowest BCUT2D eigenvalue weighted by Gasteiger charge is -2.16. The van der Waals surface area contributed by atoms with Crippen molar-refractivity contribution >= 4 is 21.9 Å². The van der Waals surface area contributed by atoms with Gasteiger partial charge in [0.2, 0.25) is 15.9 Å². The number of hydrogen-bond acceptors (Lipinski definition) is 4. The Bertz CT molecular complexity index is 647. The van der Waals surface area contributed by atoms with E-state index in [0.717, 1.165) is 4.31 Å². The van der Waals surface area contributed by atoms with Gasteiger partial charge < -0.3 is 15.4 Å². The Labute approximate surface area is 116 Å². The van der Waals surface area contributed by atoms with Gasteiger partial charge >= 0.3 is 5.97 Å². The Balaban J connectivity index is 3.29. The first kappa shape index (κ1) is 16.2. The largest absolute Gasteiger partial charge is 0.477 e. The van der Waals surface area contributed by atoms with Crippen LogP contribution in [0.5, 0.6) is 0 Å². The van der Waals surface area contributed by atoms with Gasteiger partial charge in [0, 0.05) is 25.4 Å². The van der Waals surface area contributed by atoms with Crippen LogP contribution in [-0.4, -0.2) is 55.3 Å². The van der Waals surface area contributed by atoms with E-state index in [-0.39, 0.29) is 28.4 Å². The SMILES string of the molecule is CNC(=O)CN(C)S(=O)(=O)c1c(C)[nH]c(C(=O)O)c1C. The zero-order chi connectivity index (χ0) is 15.7. The van der Waals surface area contributed by atoms with Crippen LogP contribution in [0.15, 0.2) is 4.90 Å². The van der Waals surface area contributed by atoms with Gasteiger partial charge in [0.15, 0.2) is 0 Å². The monoisotopic (exact) mass is 303 g/mol.